The van der Waals surface area contributed by atoms with E-state index in [4.69, 9.17) is 0 Å². The minimum atomic E-state index is 0.00111. The van der Waals surface area contributed by atoms with E-state index in [9.17, 15) is 5.11 Å². The summed E-state index contributed by atoms with van der Waals surface area (Å²) in [6.45, 7) is 0. The summed E-state index contributed by atoms with van der Waals surface area (Å²) < 4.78 is 0. The molecule has 0 radical (unpaired) electrons. The van der Waals surface area contributed by atoms with Crippen molar-refractivity contribution in [3.05, 3.63) is 0 Å². The summed E-state index contributed by atoms with van der Waals surface area (Å²) in [6.07, 6.45) is 6.93. The van der Waals surface area contributed by atoms with Crippen LogP contribution in [0.5, 0.6) is 0 Å². The van der Waals surface area contributed by atoms with E-state index in [1.807, 2.05) is 11.8 Å². The van der Waals surface area contributed by atoms with Crippen LogP contribution < -0.4 is 0 Å². The van der Waals surface area contributed by atoms with Crippen molar-refractivity contribution < 1.29 is 5.11 Å². The van der Waals surface area contributed by atoms with Crippen LogP contribution in [-0.2, 0) is 0 Å². The van der Waals surface area contributed by atoms with Crippen molar-refractivity contribution in [2.75, 3.05) is 12.0 Å². The Hall–Kier alpha value is 0.310. The van der Waals surface area contributed by atoms with Gasteiger partial charge in [-0.1, -0.05) is 12.8 Å². The second kappa shape index (κ2) is 4.24. The van der Waals surface area contributed by atoms with Gasteiger partial charge in [-0.3, -0.25) is 0 Å². The van der Waals surface area contributed by atoms with E-state index < -0.39 is 0 Å². The quantitative estimate of drug-likeness (QED) is 0.666. The highest BCUT2D eigenvalue weighted by Gasteiger charge is 2.21. The molecule has 1 saturated carbocycles. The number of hydrogen-bond donors (Lipinski definition) is 1. The lowest BCUT2D eigenvalue weighted by molar-refractivity contribution is 0.0817. The van der Waals surface area contributed by atoms with Gasteiger partial charge in [-0.2, -0.15) is 11.8 Å². The Morgan fingerprint density at radius 1 is 1.40 bits per heavy atom. The Morgan fingerprint density at radius 3 is 2.70 bits per heavy atom. The summed E-state index contributed by atoms with van der Waals surface area (Å²) in [6, 6.07) is 0. The van der Waals surface area contributed by atoms with Gasteiger partial charge in [-0.25, -0.2) is 0 Å². The summed E-state index contributed by atoms with van der Waals surface area (Å²) in [5.74, 6) is 1.73. The van der Waals surface area contributed by atoms with Crippen molar-refractivity contribution in [1.82, 2.24) is 0 Å². The molecule has 2 heteroatoms. The van der Waals surface area contributed by atoms with Gasteiger partial charge in [0.15, 0.2) is 0 Å². The maximum Gasteiger partial charge on any atom is 0.0576 e. The fraction of sp³-hybridized carbons (Fsp3) is 1.00. The van der Waals surface area contributed by atoms with E-state index in [0.29, 0.717) is 5.92 Å². The third kappa shape index (κ3) is 2.17. The van der Waals surface area contributed by atoms with Crippen LogP contribution in [-0.4, -0.2) is 23.2 Å². The molecule has 0 heterocycles. The summed E-state index contributed by atoms with van der Waals surface area (Å²) in [5, 5.41) is 9.49. The molecular weight excluding hydrogens is 144 g/mol. The number of aliphatic hydroxyl groups is 1. The molecule has 0 spiro atoms. The van der Waals surface area contributed by atoms with E-state index in [1.165, 1.54) is 19.3 Å². The zero-order valence-electron chi connectivity index (χ0n) is 6.55. The van der Waals surface area contributed by atoms with Gasteiger partial charge in [-0.05, 0) is 30.8 Å². The highest BCUT2D eigenvalue weighted by Crippen LogP contribution is 2.26. The van der Waals surface area contributed by atoms with Gasteiger partial charge in [0.25, 0.3) is 0 Å². The highest BCUT2D eigenvalue weighted by atomic mass is 32.2. The average Bonchev–Trinajstić information content (AvgIpc) is 1.94. The van der Waals surface area contributed by atoms with Gasteiger partial charge in [-0.15, -0.1) is 0 Å². The Bertz CT molecular complexity index is 93.3. The van der Waals surface area contributed by atoms with Crippen LogP contribution in [0.2, 0.25) is 0 Å². The van der Waals surface area contributed by atoms with E-state index in [2.05, 4.69) is 6.26 Å². The van der Waals surface area contributed by atoms with Crippen LogP contribution in [0.15, 0.2) is 0 Å². The van der Waals surface area contributed by atoms with E-state index >= 15 is 0 Å². The monoisotopic (exact) mass is 160 g/mol. The van der Waals surface area contributed by atoms with Crippen LogP contribution >= 0.6 is 11.8 Å². The number of rotatable bonds is 2. The van der Waals surface area contributed by atoms with E-state index in [-0.39, 0.29) is 6.10 Å². The second-order valence-electron chi connectivity index (χ2n) is 3.07. The molecule has 1 rings (SSSR count). The Labute approximate surface area is 67.2 Å². The van der Waals surface area contributed by atoms with E-state index in [0.717, 1.165) is 12.2 Å². The maximum atomic E-state index is 9.49. The maximum absolute atomic E-state index is 9.49. The Kier molecular flexibility index (Phi) is 3.57. The fourth-order valence-corrected chi connectivity index (χ4v) is 2.41. The van der Waals surface area contributed by atoms with Gasteiger partial charge in [0.05, 0.1) is 6.10 Å². The van der Waals surface area contributed by atoms with Crippen LogP contribution in [0.25, 0.3) is 0 Å². The van der Waals surface area contributed by atoms with Crippen molar-refractivity contribution in [2.24, 2.45) is 5.92 Å². The van der Waals surface area contributed by atoms with Crippen molar-refractivity contribution >= 4 is 11.8 Å². The molecule has 1 fully saturated rings. The Morgan fingerprint density at radius 2 is 2.10 bits per heavy atom. The van der Waals surface area contributed by atoms with Crippen LogP contribution in [0.3, 0.4) is 0 Å². The van der Waals surface area contributed by atoms with Crippen molar-refractivity contribution in [1.29, 1.82) is 0 Å². The lowest BCUT2D eigenvalue weighted by Crippen LogP contribution is -2.25. The summed E-state index contributed by atoms with van der Waals surface area (Å²) >= 11 is 1.85. The lowest BCUT2D eigenvalue weighted by Gasteiger charge is -2.26. The molecule has 0 aromatic rings. The smallest absolute Gasteiger partial charge is 0.0576 e. The average molecular weight is 160 g/mol. The molecule has 0 bridgehead atoms. The molecule has 1 nitrogen and oxygen atoms in total. The van der Waals surface area contributed by atoms with Crippen LogP contribution in [0, 0.1) is 5.92 Å². The fourth-order valence-electron chi connectivity index (χ4n) is 1.60. The first-order valence-electron chi connectivity index (χ1n) is 4.01. The molecule has 1 N–H and O–H groups in total. The highest BCUT2D eigenvalue weighted by molar-refractivity contribution is 7.98. The molecule has 0 aromatic heterocycles. The minimum absolute atomic E-state index is 0.00111. The van der Waals surface area contributed by atoms with Gasteiger partial charge in [0, 0.05) is 0 Å². The number of aliphatic hydroxyl groups excluding tert-OH is 1. The Balaban J connectivity index is 2.25. The molecule has 1 aliphatic rings. The summed E-state index contributed by atoms with van der Waals surface area (Å²) in [4.78, 5) is 0. The van der Waals surface area contributed by atoms with Crippen molar-refractivity contribution in [3.8, 4) is 0 Å². The topological polar surface area (TPSA) is 20.2 Å². The molecule has 1 aliphatic carbocycles. The standard InChI is InChI=1S/C8H16OS/c1-10-6-7-4-2-3-5-8(7)9/h7-9H,2-6H2,1H3/t7-,8+/m0/s1. The zero-order chi connectivity index (χ0) is 7.40. The molecular formula is C8H16OS. The first-order valence-corrected chi connectivity index (χ1v) is 5.41. The number of hydrogen-bond acceptors (Lipinski definition) is 2. The predicted molar refractivity (Wildman–Crippen MR) is 46.3 cm³/mol. The van der Waals surface area contributed by atoms with Gasteiger partial charge in [0.1, 0.15) is 0 Å². The first kappa shape index (κ1) is 8.41. The molecule has 0 amide bonds. The minimum Gasteiger partial charge on any atom is -0.393 e. The zero-order valence-corrected chi connectivity index (χ0v) is 7.36. The summed E-state index contributed by atoms with van der Waals surface area (Å²) in [5.41, 5.74) is 0. The van der Waals surface area contributed by atoms with Gasteiger partial charge < -0.3 is 5.11 Å². The molecule has 0 aromatic carbocycles. The normalized spacial score (nSPS) is 34.2. The molecule has 0 aliphatic heterocycles. The van der Waals surface area contributed by atoms with Gasteiger partial charge >= 0.3 is 0 Å². The second-order valence-corrected chi connectivity index (χ2v) is 3.98. The molecule has 0 saturated heterocycles. The molecule has 60 valence electrons. The molecule has 10 heavy (non-hydrogen) atoms. The summed E-state index contributed by atoms with van der Waals surface area (Å²) in [7, 11) is 0. The third-order valence-electron chi connectivity index (χ3n) is 2.25. The lowest BCUT2D eigenvalue weighted by atomic mass is 9.88. The van der Waals surface area contributed by atoms with Gasteiger partial charge in [0.2, 0.25) is 0 Å². The molecule has 0 unspecified atom stereocenters. The number of thioether (sulfide) groups is 1. The van der Waals surface area contributed by atoms with Crippen molar-refractivity contribution in [2.45, 2.75) is 31.8 Å². The van der Waals surface area contributed by atoms with Crippen molar-refractivity contribution in [3.63, 3.8) is 0 Å². The predicted octanol–water partition coefficient (Wildman–Crippen LogP) is 1.90. The van der Waals surface area contributed by atoms with Crippen LogP contribution in [0.1, 0.15) is 25.7 Å². The van der Waals surface area contributed by atoms with E-state index in [1.54, 1.807) is 0 Å². The first-order chi connectivity index (χ1) is 4.84. The molecule has 2 atom stereocenters. The van der Waals surface area contributed by atoms with Crippen LogP contribution in [0.4, 0.5) is 0 Å². The third-order valence-corrected chi connectivity index (χ3v) is 3.01. The SMILES string of the molecule is CSC[C@@H]1CCCC[C@H]1O. The largest absolute Gasteiger partial charge is 0.393 e.